The third-order valence-corrected chi connectivity index (χ3v) is 4.39. The van der Waals surface area contributed by atoms with Gasteiger partial charge in [0.15, 0.2) is 11.8 Å². The minimum absolute atomic E-state index is 0.507. The van der Waals surface area contributed by atoms with Crippen molar-refractivity contribution in [2.75, 3.05) is 53.0 Å². The third kappa shape index (κ3) is 4.42. The Hall–Kier alpha value is -1.67. The zero-order valence-electron chi connectivity index (χ0n) is 14.0. The molecule has 3 rings (SSSR count). The van der Waals surface area contributed by atoms with Crippen molar-refractivity contribution < 1.29 is 9.26 Å². The molecule has 1 aromatic rings. The number of guanidine groups is 1. The van der Waals surface area contributed by atoms with Gasteiger partial charge in [0.2, 0.25) is 5.89 Å². The molecular weight excluding hydrogens is 296 g/mol. The first-order valence-corrected chi connectivity index (χ1v) is 8.29. The molecule has 2 fully saturated rings. The Morgan fingerprint density at radius 3 is 2.78 bits per heavy atom. The number of ether oxygens (including phenoxy) is 1. The lowest BCUT2D eigenvalue weighted by molar-refractivity contribution is 0.139. The fraction of sp³-hybridized carbons (Fsp3) is 0.800. The van der Waals surface area contributed by atoms with E-state index in [1.54, 1.807) is 0 Å². The SMILES string of the molecule is CN=C(NCc1nc(C)no1)N1CCN(CC2CCOC2)CC1. The van der Waals surface area contributed by atoms with Gasteiger partial charge in [0.25, 0.3) is 0 Å². The Kier molecular flexibility index (Phi) is 5.45. The Balaban J connectivity index is 1.43. The van der Waals surface area contributed by atoms with Crippen LogP contribution in [0.15, 0.2) is 9.52 Å². The second-order valence-electron chi connectivity index (χ2n) is 6.15. The first kappa shape index (κ1) is 16.2. The van der Waals surface area contributed by atoms with E-state index in [9.17, 15) is 0 Å². The largest absolute Gasteiger partial charge is 0.381 e. The second-order valence-corrected chi connectivity index (χ2v) is 6.15. The topological polar surface area (TPSA) is 79.0 Å². The van der Waals surface area contributed by atoms with Gasteiger partial charge < -0.3 is 19.5 Å². The van der Waals surface area contributed by atoms with Crippen LogP contribution < -0.4 is 5.32 Å². The highest BCUT2D eigenvalue weighted by molar-refractivity contribution is 5.79. The Morgan fingerprint density at radius 2 is 2.17 bits per heavy atom. The van der Waals surface area contributed by atoms with Crippen LogP contribution in [0.25, 0.3) is 0 Å². The van der Waals surface area contributed by atoms with Gasteiger partial charge in [-0.1, -0.05) is 5.16 Å². The van der Waals surface area contributed by atoms with Crippen LogP contribution in [-0.4, -0.2) is 78.9 Å². The third-order valence-electron chi connectivity index (χ3n) is 4.39. The van der Waals surface area contributed by atoms with Gasteiger partial charge in [0, 0.05) is 46.4 Å². The molecule has 128 valence electrons. The summed E-state index contributed by atoms with van der Waals surface area (Å²) in [4.78, 5) is 13.4. The molecule has 0 aliphatic carbocycles. The highest BCUT2D eigenvalue weighted by Crippen LogP contribution is 2.15. The summed E-state index contributed by atoms with van der Waals surface area (Å²) in [5, 5.41) is 7.09. The molecule has 1 aromatic heterocycles. The molecule has 1 N–H and O–H groups in total. The van der Waals surface area contributed by atoms with E-state index in [0.29, 0.717) is 24.2 Å². The summed E-state index contributed by atoms with van der Waals surface area (Å²) in [6.07, 6.45) is 1.20. The van der Waals surface area contributed by atoms with Gasteiger partial charge >= 0.3 is 0 Å². The van der Waals surface area contributed by atoms with Gasteiger partial charge in [-0.3, -0.25) is 9.89 Å². The Morgan fingerprint density at radius 1 is 1.35 bits per heavy atom. The monoisotopic (exact) mass is 322 g/mol. The van der Waals surface area contributed by atoms with Gasteiger partial charge in [-0.2, -0.15) is 4.98 Å². The van der Waals surface area contributed by atoms with Crippen LogP contribution in [0.3, 0.4) is 0 Å². The van der Waals surface area contributed by atoms with Crippen molar-refractivity contribution in [3.05, 3.63) is 11.7 Å². The zero-order chi connectivity index (χ0) is 16.1. The summed E-state index contributed by atoms with van der Waals surface area (Å²) in [6, 6.07) is 0. The maximum Gasteiger partial charge on any atom is 0.246 e. The normalized spacial score (nSPS) is 23.5. The maximum atomic E-state index is 5.46. The van der Waals surface area contributed by atoms with Crippen molar-refractivity contribution in [2.45, 2.75) is 19.9 Å². The Bertz CT molecular complexity index is 518. The molecule has 0 spiro atoms. The summed E-state index contributed by atoms with van der Waals surface area (Å²) < 4.78 is 10.6. The van der Waals surface area contributed by atoms with Crippen molar-refractivity contribution in [3.63, 3.8) is 0 Å². The molecule has 0 bridgehead atoms. The molecule has 8 heteroatoms. The van der Waals surface area contributed by atoms with Crippen molar-refractivity contribution in [1.29, 1.82) is 0 Å². The number of nitrogens with zero attached hydrogens (tertiary/aromatic N) is 5. The van der Waals surface area contributed by atoms with E-state index in [1.165, 1.54) is 6.42 Å². The number of nitrogens with one attached hydrogen (secondary N) is 1. The van der Waals surface area contributed by atoms with Crippen molar-refractivity contribution in [2.24, 2.45) is 10.9 Å². The standard InChI is InChI=1S/C15H26N6O2/c1-12-18-14(23-19-12)9-17-15(16-2)21-6-4-20(5-7-21)10-13-3-8-22-11-13/h13H,3-11H2,1-2H3,(H,16,17). The number of aryl methyl sites for hydroxylation is 1. The quantitative estimate of drug-likeness (QED) is 0.622. The summed E-state index contributed by atoms with van der Waals surface area (Å²) in [5.74, 6) is 2.84. The van der Waals surface area contributed by atoms with E-state index in [0.717, 1.165) is 51.9 Å². The molecule has 2 aliphatic heterocycles. The molecule has 1 unspecified atom stereocenters. The van der Waals surface area contributed by atoms with Gasteiger partial charge in [0.1, 0.15) is 0 Å². The number of aromatic nitrogens is 2. The zero-order valence-corrected chi connectivity index (χ0v) is 14.0. The second kappa shape index (κ2) is 7.74. The first-order chi connectivity index (χ1) is 11.2. The van der Waals surface area contributed by atoms with Crippen molar-refractivity contribution in [1.82, 2.24) is 25.3 Å². The predicted octanol–water partition coefficient (Wildman–Crippen LogP) is 0.108. The Labute approximate surface area is 136 Å². The van der Waals surface area contributed by atoms with E-state index in [4.69, 9.17) is 9.26 Å². The first-order valence-electron chi connectivity index (χ1n) is 8.29. The van der Waals surface area contributed by atoms with Gasteiger partial charge in [-0.05, 0) is 19.3 Å². The molecule has 23 heavy (non-hydrogen) atoms. The summed E-state index contributed by atoms with van der Waals surface area (Å²) in [6.45, 7) is 9.42. The fourth-order valence-electron chi connectivity index (χ4n) is 3.13. The molecule has 2 saturated heterocycles. The lowest BCUT2D eigenvalue weighted by Crippen LogP contribution is -2.53. The van der Waals surface area contributed by atoms with E-state index < -0.39 is 0 Å². The average Bonchev–Trinajstić information content (AvgIpc) is 3.21. The summed E-state index contributed by atoms with van der Waals surface area (Å²) in [7, 11) is 1.81. The van der Waals surface area contributed by atoms with Crippen LogP contribution in [0, 0.1) is 12.8 Å². The smallest absolute Gasteiger partial charge is 0.246 e. The van der Waals surface area contributed by atoms with E-state index in [-0.39, 0.29) is 0 Å². The molecule has 2 aliphatic rings. The number of hydrogen-bond donors (Lipinski definition) is 1. The highest BCUT2D eigenvalue weighted by Gasteiger charge is 2.24. The number of aliphatic imine (C=N–C) groups is 1. The minimum atomic E-state index is 0.507. The van der Waals surface area contributed by atoms with E-state index in [2.05, 4.69) is 30.2 Å². The molecule has 0 amide bonds. The van der Waals surface area contributed by atoms with Crippen molar-refractivity contribution >= 4 is 5.96 Å². The molecule has 0 saturated carbocycles. The molecule has 0 aromatic carbocycles. The summed E-state index contributed by atoms with van der Waals surface area (Å²) >= 11 is 0. The van der Waals surface area contributed by atoms with Crippen LogP contribution in [0.4, 0.5) is 0 Å². The van der Waals surface area contributed by atoms with E-state index in [1.807, 2.05) is 14.0 Å². The molecular formula is C15H26N6O2. The summed E-state index contributed by atoms with van der Waals surface area (Å²) in [5.41, 5.74) is 0. The maximum absolute atomic E-state index is 5.46. The molecule has 0 radical (unpaired) electrons. The lowest BCUT2D eigenvalue weighted by Gasteiger charge is -2.37. The van der Waals surface area contributed by atoms with Gasteiger partial charge in [0.05, 0.1) is 13.2 Å². The van der Waals surface area contributed by atoms with Gasteiger partial charge in [-0.15, -0.1) is 0 Å². The van der Waals surface area contributed by atoms with Crippen LogP contribution in [0.2, 0.25) is 0 Å². The highest BCUT2D eigenvalue weighted by atomic mass is 16.5. The van der Waals surface area contributed by atoms with Crippen molar-refractivity contribution in [3.8, 4) is 0 Å². The van der Waals surface area contributed by atoms with Crippen LogP contribution >= 0.6 is 0 Å². The number of hydrogen-bond acceptors (Lipinski definition) is 6. The fourth-order valence-corrected chi connectivity index (χ4v) is 3.13. The number of rotatable bonds is 4. The minimum Gasteiger partial charge on any atom is -0.381 e. The number of piperazine rings is 1. The van der Waals surface area contributed by atoms with Crippen LogP contribution in [0.1, 0.15) is 18.1 Å². The lowest BCUT2D eigenvalue weighted by atomic mass is 10.1. The molecule has 8 nitrogen and oxygen atoms in total. The van der Waals surface area contributed by atoms with Crippen LogP contribution in [-0.2, 0) is 11.3 Å². The van der Waals surface area contributed by atoms with E-state index >= 15 is 0 Å². The van der Waals surface area contributed by atoms with Gasteiger partial charge in [-0.25, -0.2) is 0 Å². The molecule has 3 heterocycles. The predicted molar refractivity (Wildman–Crippen MR) is 86.2 cm³/mol. The average molecular weight is 322 g/mol. The molecule has 1 atom stereocenters. The van der Waals surface area contributed by atoms with Crippen LogP contribution in [0.5, 0.6) is 0 Å².